The Morgan fingerprint density at radius 1 is 1.12 bits per heavy atom. The van der Waals surface area contributed by atoms with Crippen LogP contribution in [-0.4, -0.2) is 81.1 Å². The molecule has 0 saturated carbocycles. The summed E-state index contributed by atoms with van der Waals surface area (Å²) < 4.78 is 89.5. The fraction of sp³-hybridized carbons (Fsp3) is 0.519. The van der Waals surface area contributed by atoms with Crippen molar-refractivity contribution in [2.45, 2.75) is 61.2 Å². The van der Waals surface area contributed by atoms with Gasteiger partial charge in [0.1, 0.15) is 5.75 Å². The molecule has 1 amide bonds. The lowest BCUT2D eigenvalue weighted by molar-refractivity contribution is -0.220. The van der Waals surface area contributed by atoms with Crippen LogP contribution in [0.1, 0.15) is 30.4 Å². The topological polar surface area (TPSA) is 94.6 Å². The molecule has 0 aliphatic carbocycles. The second-order valence-corrected chi connectivity index (χ2v) is 12.1. The van der Waals surface area contributed by atoms with Gasteiger partial charge >= 0.3 is 12.3 Å². The van der Waals surface area contributed by atoms with E-state index in [4.69, 9.17) is 18.9 Å². The van der Waals surface area contributed by atoms with Crippen molar-refractivity contribution in [2.75, 3.05) is 33.4 Å². The molecule has 2 aromatic carbocycles. The lowest BCUT2D eigenvalue weighted by atomic mass is 9.87. The van der Waals surface area contributed by atoms with E-state index in [1.54, 1.807) is 48.5 Å². The highest BCUT2D eigenvalue weighted by Crippen LogP contribution is 2.42. The first-order chi connectivity index (χ1) is 19.0. The van der Waals surface area contributed by atoms with Crippen molar-refractivity contribution in [1.29, 1.82) is 0 Å². The Bertz CT molecular complexity index is 1310. The smallest absolute Gasteiger partial charge is 0.427 e. The molecule has 218 valence electrons. The van der Waals surface area contributed by atoms with E-state index in [1.165, 1.54) is 16.3 Å². The number of sulfonamides is 1. The van der Waals surface area contributed by atoms with Gasteiger partial charge in [-0.25, -0.2) is 13.2 Å². The number of piperidine rings is 1. The molecule has 1 unspecified atom stereocenters. The van der Waals surface area contributed by atoms with Crippen molar-refractivity contribution in [3.8, 4) is 5.75 Å². The SMILES string of the molecule is COc1ccc(COC[C@@H](OC(=O)N2CCC3(CC2)CC(N2Cc4ccccc4S2(=O)=O)CO3)C(F)(F)F)cc1. The van der Waals surface area contributed by atoms with E-state index in [9.17, 15) is 26.4 Å². The number of carbonyl (C=O) groups excluding carboxylic acids is 1. The van der Waals surface area contributed by atoms with Crippen LogP contribution in [0.25, 0.3) is 0 Å². The van der Waals surface area contributed by atoms with Gasteiger partial charge in [0.15, 0.2) is 0 Å². The highest BCUT2D eigenvalue weighted by Gasteiger charge is 2.50. The minimum Gasteiger partial charge on any atom is -0.497 e. The Morgan fingerprint density at radius 2 is 1.82 bits per heavy atom. The molecule has 0 bridgehead atoms. The van der Waals surface area contributed by atoms with Crippen LogP contribution in [0, 0.1) is 0 Å². The molecule has 0 N–H and O–H groups in total. The summed E-state index contributed by atoms with van der Waals surface area (Å²) in [4.78, 5) is 14.2. The van der Waals surface area contributed by atoms with Crippen molar-refractivity contribution in [1.82, 2.24) is 9.21 Å². The number of likely N-dealkylation sites (tertiary alicyclic amines) is 1. The van der Waals surface area contributed by atoms with E-state index >= 15 is 0 Å². The standard InChI is InChI=1S/C27H31F3N2O7S/c1-36-22-8-6-19(7-9-22)16-37-18-24(27(28,29)30)39-25(33)31-12-10-26(11-13-31)14-21(17-38-26)32-15-20-4-2-3-5-23(20)40(32,34)35/h2-9,21,24H,10-18H2,1H3/t21?,24-/m1/s1. The van der Waals surface area contributed by atoms with Gasteiger partial charge in [-0.3, -0.25) is 0 Å². The van der Waals surface area contributed by atoms with Gasteiger partial charge in [0.05, 0.1) is 43.5 Å². The number of amides is 1. The quantitative estimate of drug-likeness (QED) is 0.484. The van der Waals surface area contributed by atoms with Crippen LogP contribution in [-0.2, 0) is 37.4 Å². The lowest BCUT2D eigenvalue weighted by Crippen LogP contribution is -2.49. The summed E-state index contributed by atoms with van der Waals surface area (Å²) >= 11 is 0. The van der Waals surface area contributed by atoms with Gasteiger partial charge in [-0.05, 0) is 48.6 Å². The molecule has 5 rings (SSSR count). The average Bonchev–Trinajstić information content (AvgIpc) is 3.46. The summed E-state index contributed by atoms with van der Waals surface area (Å²) in [6.45, 7) is -0.154. The predicted molar refractivity (Wildman–Crippen MR) is 136 cm³/mol. The molecule has 2 fully saturated rings. The zero-order valence-corrected chi connectivity index (χ0v) is 22.7. The average molecular weight is 585 g/mol. The van der Waals surface area contributed by atoms with Gasteiger partial charge in [-0.15, -0.1) is 0 Å². The van der Waals surface area contributed by atoms with E-state index in [1.807, 2.05) is 0 Å². The molecule has 40 heavy (non-hydrogen) atoms. The first-order valence-corrected chi connectivity index (χ1v) is 14.4. The second-order valence-electron chi connectivity index (χ2n) is 10.3. The summed E-state index contributed by atoms with van der Waals surface area (Å²) in [5.74, 6) is 0.610. The van der Waals surface area contributed by atoms with Crippen LogP contribution in [0.3, 0.4) is 0 Å². The Labute approximate surface area is 230 Å². The molecule has 9 nitrogen and oxygen atoms in total. The zero-order valence-electron chi connectivity index (χ0n) is 21.9. The maximum absolute atomic E-state index is 13.6. The molecule has 0 aromatic heterocycles. The fourth-order valence-corrected chi connectivity index (χ4v) is 7.24. The van der Waals surface area contributed by atoms with Crippen LogP contribution in [0.15, 0.2) is 53.4 Å². The number of rotatable bonds is 7. The molecule has 2 saturated heterocycles. The van der Waals surface area contributed by atoms with Crippen LogP contribution < -0.4 is 4.74 Å². The van der Waals surface area contributed by atoms with E-state index in [0.717, 1.165) is 5.56 Å². The number of fused-ring (bicyclic) bond motifs is 1. The first-order valence-electron chi connectivity index (χ1n) is 13.0. The molecule has 3 aliphatic rings. The Morgan fingerprint density at radius 3 is 2.48 bits per heavy atom. The monoisotopic (exact) mass is 584 g/mol. The number of hydrogen-bond donors (Lipinski definition) is 0. The van der Waals surface area contributed by atoms with Crippen molar-refractivity contribution < 1.29 is 45.3 Å². The third-order valence-electron chi connectivity index (χ3n) is 7.72. The molecular weight excluding hydrogens is 553 g/mol. The van der Waals surface area contributed by atoms with Crippen molar-refractivity contribution in [3.05, 3.63) is 59.7 Å². The van der Waals surface area contributed by atoms with E-state index < -0.39 is 40.6 Å². The maximum Gasteiger partial charge on any atom is 0.427 e. The van der Waals surface area contributed by atoms with Gasteiger partial charge in [0.2, 0.25) is 16.1 Å². The highest BCUT2D eigenvalue weighted by molar-refractivity contribution is 7.89. The lowest BCUT2D eigenvalue weighted by Gasteiger charge is -2.38. The third-order valence-corrected chi connectivity index (χ3v) is 9.72. The van der Waals surface area contributed by atoms with Crippen LogP contribution in [0.4, 0.5) is 18.0 Å². The molecular formula is C27H31F3N2O7S. The third kappa shape index (κ3) is 5.92. The Hall–Kier alpha value is -2.87. The fourth-order valence-electron chi connectivity index (χ4n) is 5.44. The van der Waals surface area contributed by atoms with Gasteiger partial charge in [0, 0.05) is 19.6 Å². The van der Waals surface area contributed by atoms with Crippen molar-refractivity contribution in [2.24, 2.45) is 0 Å². The van der Waals surface area contributed by atoms with Gasteiger partial charge in [0.25, 0.3) is 0 Å². The second kappa shape index (κ2) is 11.2. The van der Waals surface area contributed by atoms with Crippen molar-refractivity contribution in [3.63, 3.8) is 0 Å². The summed E-state index contributed by atoms with van der Waals surface area (Å²) in [6.07, 6.45) is -7.10. The van der Waals surface area contributed by atoms with Gasteiger partial charge in [-0.1, -0.05) is 30.3 Å². The zero-order chi connectivity index (χ0) is 28.5. The summed E-state index contributed by atoms with van der Waals surface area (Å²) in [5.41, 5.74) is 0.750. The van der Waals surface area contributed by atoms with Crippen molar-refractivity contribution >= 4 is 16.1 Å². The number of nitrogens with zero attached hydrogens (tertiary/aromatic N) is 2. The summed E-state index contributed by atoms with van der Waals surface area (Å²) in [6, 6.07) is 13.2. The van der Waals surface area contributed by atoms with Crippen LogP contribution >= 0.6 is 0 Å². The molecule has 3 aliphatic heterocycles. The van der Waals surface area contributed by atoms with Crippen LogP contribution in [0.2, 0.25) is 0 Å². The van der Waals surface area contributed by atoms with Gasteiger partial charge in [-0.2, -0.15) is 17.5 Å². The number of halogens is 3. The molecule has 3 heterocycles. The summed E-state index contributed by atoms with van der Waals surface area (Å²) in [7, 11) is -2.11. The highest BCUT2D eigenvalue weighted by atomic mass is 32.2. The predicted octanol–water partition coefficient (Wildman–Crippen LogP) is 4.11. The van der Waals surface area contributed by atoms with Gasteiger partial charge < -0.3 is 23.8 Å². The van der Waals surface area contributed by atoms with E-state index in [0.29, 0.717) is 35.5 Å². The van der Waals surface area contributed by atoms with E-state index in [2.05, 4.69) is 0 Å². The Balaban J connectivity index is 1.12. The molecule has 2 atom stereocenters. The molecule has 1 spiro atoms. The number of methoxy groups -OCH3 is 1. The molecule has 2 aromatic rings. The number of ether oxygens (including phenoxy) is 4. The molecule has 0 radical (unpaired) electrons. The molecule has 13 heteroatoms. The minimum atomic E-state index is -4.80. The first kappa shape index (κ1) is 28.7. The Kier molecular flexibility index (Phi) is 8.01. The number of alkyl halides is 3. The minimum absolute atomic E-state index is 0.0866. The van der Waals surface area contributed by atoms with Crippen LogP contribution in [0.5, 0.6) is 5.75 Å². The number of carbonyl (C=O) groups is 1. The number of hydrogen-bond acceptors (Lipinski definition) is 7. The maximum atomic E-state index is 13.6. The number of benzene rings is 2. The normalized spacial score (nSPS) is 22.7. The summed E-state index contributed by atoms with van der Waals surface area (Å²) in [5, 5.41) is 0. The largest absolute Gasteiger partial charge is 0.497 e. The van der Waals surface area contributed by atoms with E-state index in [-0.39, 0.29) is 38.9 Å².